The lowest BCUT2D eigenvalue weighted by molar-refractivity contribution is 0.528. The van der Waals surface area contributed by atoms with Crippen molar-refractivity contribution in [3.63, 3.8) is 0 Å². The first-order valence-corrected chi connectivity index (χ1v) is 2.58. The summed E-state index contributed by atoms with van der Waals surface area (Å²) >= 11 is 2.86. The highest BCUT2D eigenvalue weighted by Gasteiger charge is 1.90. The van der Waals surface area contributed by atoms with Crippen molar-refractivity contribution in [2.24, 2.45) is 0 Å². The van der Waals surface area contributed by atoms with Crippen molar-refractivity contribution in [1.82, 2.24) is 15.0 Å². The summed E-state index contributed by atoms with van der Waals surface area (Å²) in [7, 11) is 0. The van der Waals surface area contributed by atoms with Crippen LogP contribution in [-0.2, 0) is 0 Å². The molecule has 3 nitrogen and oxygen atoms in total. The van der Waals surface area contributed by atoms with Crippen molar-refractivity contribution in [3.05, 3.63) is 17.1 Å². The van der Waals surface area contributed by atoms with E-state index in [0.717, 1.165) is 6.33 Å². The van der Waals surface area contributed by atoms with E-state index in [1.165, 1.54) is 0 Å². The highest BCUT2D eigenvalue weighted by atomic mass is 79.9. The van der Waals surface area contributed by atoms with Crippen LogP contribution >= 0.6 is 15.9 Å². The van der Waals surface area contributed by atoms with E-state index in [0.29, 0.717) is 0 Å². The van der Waals surface area contributed by atoms with Crippen LogP contribution in [0.25, 0.3) is 0 Å². The monoisotopic (exact) mass is 177 g/mol. The lowest BCUT2D eigenvalue weighted by Gasteiger charge is -1.83. The fraction of sp³-hybridized carbons (Fsp3) is 0. The topological polar surface area (TPSA) is 38.7 Å². The van der Waals surface area contributed by atoms with E-state index in [2.05, 4.69) is 30.9 Å². The Bertz CT molecular complexity index is 174. The van der Waals surface area contributed by atoms with Crippen molar-refractivity contribution in [2.75, 3.05) is 0 Å². The predicted molar refractivity (Wildman–Crippen MR) is 27.5 cm³/mol. The van der Waals surface area contributed by atoms with E-state index < -0.39 is 6.08 Å². The second-order valence-electron chi connectivity index (χ2n) is 1.02. The second-order valence-corrected chi connectivity index (χ2v) is 1.73. The van der Waals surface area contributed by atoms with Crippen molar-refractivity contribution in [3.8, 4) is 0 Å². The molecule has 42 valence electrons. The molecule has 1 rings (SSSR count). The molecular weight excluding hydrogens is 177 g/mol. The van der Waals surface area contributed by atoms with Gasteiger partial charge in [0, 0.05) is 0 Å². The SMILES string of the molecule is Fc1ncnc(Br)n1. The molecule has 0 radical (unpaired) electrons. The third-order valence-electron chi connectivity index (χ3n) is 0.513. The van der Waals surface area contributed by atoms with Crippen molar-refractivity contribution in [1.29, 1.82) is 0 Å². The van der Waals surface area contributed by atoms with Crippen LogP contribution in [0.4, 0.5) is 4.39 Å². The van der Waals surface area contributed by atoms with Crippen molar-refractivity contribution < 1.29 is 4.39 Å². The molecule has 5 heteroatoms. The fourth-order valence-corrected chi connectivity index (χ4v) is 0.496. The maximum absolute atomic E-state index is 11.9. The van der Waals surface area contributed by atoms with Gasteiger partial charge in [0.15, 0.2) is 0 Å². The van der Waals surface area contributed by atoms with Gasteiger partial charge >= 0.3 is 6.08 Å². The van der Waals surface area contributed by atoms with Gasteiger partial charge < -0.3 is 0 Å². The largest absolute Gasteiger partial charge is 0.312 e. The van der Waals surface area contributed by atoms with E-state index in [9.17, 15) is 4.39 Å². The number of halogens is 2. The molecule has 8 heavy (non-hydrogen) atoms. The third kappa shape index (κ3) is 1.19. The highest BCUT2D eigenvalue weighted by molar-refractivity contribution is 9.10. The first kappa shape index (κ1) is 5.55. The van der Waals surface area contributed by atoms with E-state index >= 15 is 0 Å². The first-order valence-electron chi connectivity index (χ1n) is 1.79. The van der Waals surface area contributed by atoms with Crippen LogP contribution in [0.1, 0.15) is 0 Å². The van der Waals surface area contributed by atoms with Crippen LogP contribution < -0.4 is 0 Å². The molecule has 0 spiro atoms. The van der Waals surface area contributed by atoms with Gasteiger partial charge in [0.05, 0.1) is 0 Å². The van der Waals surface area contributed by atoms with E-state index in [-0.39, 0.29) is 4.73 Å². The summed E-state index contributed by atoms with van der Waals surface area (Å²) in [6, 6.07) is 0. The number of rotatable bonds is 0. The molecular formula is C3HBrFN3. The summed E-state index contributed by atoms with van der Waals surface area (Å²) in [5.74, 6) is 0. The quantitative estimate of drug-likeness (QED) is 0.588. The van der Waals surface area contributed by atoms with Crippen LogP contribution in [0, 0.1) is 6.08 Å². The average molecular weight is 178 g/mol. The van der Waals surface area contributed by atoms with Gasteiger partial charge in [-0.25, -0.2) is 4.98 Å². The molecule has 0 unspecified atom stereocenters. The van der Waals surface area contributed by atoms with Gasteiger partial charge in [0.1, 0.15) is 6.33 Å². The molecule has 0 amide bonds. The molecule has 0 bridgehead atoms. The zero-order valence-electron chi connectivity index (χ0n) is 3.67. The lowest BCUT2D eigenvalue weighted by atomic mass is 11.1. The Morgan fingerprint density at radius 1 is 1.50 bits per heavy atom. The molecule has 0 N–H and O–H groups in total. The Morgan fingerprint density at radius 3 is 2.62 bits per heavy atom. The lowest BCUT2D eigenvalue weighted by Crippen LogP contribution is -1.89. The maximum atomic E-state index is 11.9. The average Bonchev–Trinajstić information content (AvgIpc) is 1.64. The van der Waals surface area contributed by atoms with E-state index in [1.807, 2.05) is 0 Å². The summed E-state index contributed by atoms with van der Waals surface area (Å²) in [5, 5.41) is 0. The minimum absolute atomic E-state index is 0.213. The maximum Gasteiger partial charge on any atom is 0.312 e. The summed E-state index contributed by atoms with van der Waals surface area (Å²) < 4.78 is 12.1. The Labute approximate surface area is 53.1 Å². The van der Waals surface area contributed by atoms with E-state index in [1.54, 1.807) is 0 Å². The van der Waals surface area contributed by atoms with Gasteiger partial charge in [-0.3, -0.25) is 0 Å². The fourth-order valence-electron chi connectivity index (χ4n) is 0.258. The van der Waals surface area contributed by atoms with Gasteiger partial charge in [-0.15, -0.1) is 0 Å². The Kier molecular flexibility index (Phi) is 1.48. The first-order chi connectivity index (χ1) is 3.79. The summed E-state index contributed by atoms with van der Waals surface area (Å²) in [6.45, 7) is 0. The predicted octanol–water partition coefficient (Wildman–Crippen LogP) is 0.773. The minimum atomic E-state index is -0.771. The highest BCUT2D eigenvalue weighted by Crippen LogP contribution is 1.96. The molecule has 0 aliphatic rings. The minimum Gasteiger partial charge on any atom is -0.210 e. The molecule has 0 atom stereocenters. The third-order valence-corrected chi connectivity index (χ3v) is 0.895. The molecule has 0 saturated carbocycles. The second kappa shape index (κ2) is 2.13. The van der Waals surface area contributed by atoms with Gasteiger partial charge in [-0.1, -0.05) is 0 Å². The van der Waals surface area contributed by atoms with Gasteiger partial charge in [-0.2, -0.15) is 14.4 Å². The van der Waals surface area contributed by atoms with Crippen molar-refractivity contribution >= 4 is 15.9 Å². The molecule has 0 fully saturated rings. The summed E-state index contributed by atoms with van der Waals surface area (Å²) in [6.07, 6.45) is 0.318. The smallest absolute Gasteiger partial charge is 0.210 e. The van der Waals surface area contributed by atoms with Gasteiger partial charge in [-0.05, 0) is 15.9 Å². The van der Waals surface area contributed by atoms with Crippen LogP contribution in [-0.4, -0.2) is 15.0 Å². The number of hydrogen-bond donors (Lipinski definition) is 0. The molecule has 0 aromatic carbocycles. The Hall–Kier alpha value is -0.580. The molecule has 1 heterocycles. The summed E-state index contributed by atoms with van der Waals surface area (Å²) in [4.78, 5) is 9.82. The normalized spacial score (nSPS) is 9.25. The molecule has 0 saturated heterocycles. The Morgan fingerprint density at radius 2 is 2.25 bits per heavy atom. The van der Waals surface area contributed by atoms with Gasteiger partial charge in [0.2, 0.25) is 4.73 Å². The van der Waals surface area contributed by atoms with Gasteiger partial charge in [0.25, 0.3) is 0 Å². The number of hydrogen-bond acceptors (Lipinski definition) is 3. The zero-order chi connectivity index (χ0) is 5.98. The van der Waals surface area contributed by atoms with E-state index in [4.69, 9.17) is 0 Å². The standard InChI is InChI=1S/C3HBrFN3/c4-2-6-1-7-3(5)8-2/h1H. The van der Waals surface area contributed by atoms with Crippen LogP contribution in [0.5, 0.6) is 0 Å². The molecule has 1 aromatic heterocycles. The number of nitrogens with zero attached hydrogens (tertiary/aromatic N) is 3. The van der Waals surface area contributed by atoms with Crippen LogP contribution in [0.2, 0.25) is 0 Å². The van der Waals surface area contributed by atoms with Crippen molar-refractivity contribution in [2.45, 2.75) is 0 Å². The molecule has 1 aromatic rings. The molecule has 0 aliphatic carbocycles. The molecule has 0 aliphatic heterocycles. The summed E-state index contributed by atoms with van der Waals surface area (Å²) in [5.41, 5.74) is 0. The van der Waals surface area contributed by atoms with Crippen LogP contribution in [0.15, 0.2) is 11.1 Å². The Balaban J connectivity index is 3.08. The zero-order valence-corrected chi connectivity index (χ0v) is 5.26. The van der Waals surface area contributed by atoms with Crippen LogP contribution in [0.3, 0.4) is 0 Å². The number of aromatic nitrogens is 3.